The Kier molecular flexibility index (Phi) is 13.2. The van der Waals surface area contributed by atoms with E-state index in [4.69, 9.17) is 5.11 Å². The van der Waals surface area contributed by atoms with Gasteiger partial charge in [-0.3, -0.25) is 0 Å². The molecule has 1 rings (SSSR count). The van der Waals surface area contributed by atoms with Crippen LogP contribution in [0, 0.1) is 11.8 Å². The molecule has 1 aromatic rings. The number of hydrogen-bond donors (Lipinski definition) is 1. The number of benzene rings is 1. The summed E-state index contributed by atoms with van der Waals surface area (Å²) in [5, 5.41) is 8.94. The van der Waals surface area contributed by atoms with Crippen molar-refractivity contribution in [2.24, 2.45) is 0 Å². The molecule has 2 heteroatoms. The van der Waals surface area contributed by atoms with Gasteiger partial charge in [-0.1, -0.05) is 0 Å². The van der Waals surface area contributed by atoms with Crippen LogP contribution in [-0.4, -0.2) is 30.1 Å². The molecule has 0 atom stereocenters. The normalized spacial score (nSPS) is 11.2. The van der Waals surface area contributed by atoms with Gasteiger partial charge in [-0.25, -0.2) is 0 Å². The van der Waals surface area contributed by atoms with Crippen molar-refractivity contribution >= 4 is 22.0 Å². The summed E-state index contributed by atoms with van der Waals surface area (Å²) in [5.41, 5.74) is 1.33. The Morgan fingerprint density at radius 3 is 1.92 bits per heavy atom. The first kappa shape index (κ1) is 23.6. The van der Waals surface area contributed by atoms with E-state index in [9.17, 15) is 0 Å². The van der Waals surface area contributed by atoms with Crippen molar-refractivity contribution in [2.45, 2.75) is 91.9 Å². The predicted molar refractivity (Wildman–Crippen MR) is 119 cm³/mol. The van der Waals surface area contributed by atoms with Crippen molar-refractivity contribution in [1.82, 2.24) is 0 Å². The summed E-state index contributed by atoms with van der Waals surface area (Å²) in [6, 6.07) is 9.12. The number of rotatable bonds is 13. The van der Waals surface area contributed by atoms with Gasteiger partial charge in [0, 0.05) is 0 Å². The van der Waals surface area contributed by atoms with Gasteiger partial charge < -0.3 is 0 Å². The van der Waals surface area contributed by atoms with Crippen molar-refractivity contribution < 1.29 is 5.11 Å². The van der Waals surface area contributed by atoms with Crippen molar-refractivity contribution in [1.29, 1.82) is 0 Å². The van der Waals surface area contributed by atoms with Gasteiger partial charge in [-0.15, -0.1) is 0 Å². The van der Waals surface area contributed by atoms with Crippen molar-refractivity contribution in [3.63, 3.8) is 0 Å². The van der Waals surface area contributed by atoms with Crippen molar-refractivity contribution in [3.05, 3.63) is 29.8 Å². The van der Waals surface area contributed by atoms with Gasteiger partial charge in [0.05, 0.1) is 0 Å². The van der Waals surface area contributed by atoms with Gasteiger partial charge in [-0.05, 0) is 0 Å². The second-order valence-corrected chi connectivity index (χ2v) is 20.7. The molecule has 0 radical (unpaired) electrons. The van der Waals surface area contributed by atoms with Crippen LogP contribution < -0.4 is 3.58 Å². The summed E-state index contributed by atoms with van der Waals surface area (Å²) >= 11 is -2.41. The Bertz CT molecular complexity index is 519. The summed E-state index contributed by atoms with van der Waals surface area (Å²) in [7, 11) is 0. The van der Waals surface area contributed by atoms with Gasteiger partial charge in [0.1, 0.15) is 0 Å². The third kappa shape index (κ3) is 8.05. The third-order valence-corrected chi connectivity index (χ3v) is 21.2. The summed E-state index contributed by atoms with van der Waals surface area (Å²) in [6.07, 6.45) is 10.9. The van der Waals surface area contributed by atoms with Crippen LogP contribution in [0.15, 0.2) is 24.3 Å². The zero-order valence-electron chi connectivity index (χ0n) is 17.4. The second kappa shape index (κ2) is 14.6. The van der Waals surface area contributed by atoms with E-state index in [1.807, 2.05) is 0 Å². The van der Waals surface area contributed by atoms with Crippen LogP contribution in [0.2, 0.25) is 13.3 Å². The summed E-state index contributed by atoms with van der Waals surface area (Å²) in [4.78, 5) is 0. The minimum atomic E-state index is -2.41. The topological polar surface area (TPSA) is 20.2 Å². The molecule has 0 saturated heterocycles. The molecule has 0 fully saturated rings. The SMILES string of the molecule is CCC[CH2][Sn]([CH2]CCC)([CH2]CCC)[c]1ccccc1C#CCCCCO. The molecule has 146 valence electrons. The van der Waals surface area contributed by atoms with Gasteiger partial charge in [0.15, 0.2) is 0 Å². The van der Waals surface area contributed by atoms with E-state index in [1.54, 1.807) is 3.58 Å². The maximum absolute atomic E-state index is 8.94. The fraction of sp³-hybridized carbons (Fsp3) is 0.667. The maximum atomic E-state index is 8.94. The Morgan fingerprint density at radius 1 is 0.808 bits per heavy atom. The molecule has 0 unspecified atom stereocenters. The fourth-order valence-electron chi connectivity index (χ4n) is 3.86. The number of hydrogen-bond acceptors (Lipinski definition) is 1. The van der Waals surface area contributed by atoms with Crippen LogP contribution in [0.25, 0.3) is 0 Å². The third-order valence-electron chi connectivity index (χ3n) is 5.46. The molecule has 0 aliphatic rings. The summed E-state index contributed by atoms with van der Waals surface area (Å²) in [5.74, 6) is 6.92. The van der Waals surface area contributed by atoms with Gasteiger partial charge in [0.25, 0.3) is 0 Å². The molecule has 0 aliphatic carbocycles. The van der Waals surface area contributed by atoms with E-state index in [1.165, 1.54) is 57.4 Å². The van der Waals surface area contributed by atoms with E-state index in [0.717, 1.165) is 19.3 Å². The molecule has 0 aromatic heterocycles. The Labute approximate surface area is 166 Å². The molecular formula is C24H40OSn. The Balaban J connectivity index is 3.16. The molecule has 1 aromatic carbocycles. The second-order valence-electron chi connectivity index (χ2n) is 7.62. The van der Waals surface area contributed by atoms with Crippen LogP contribution >= 0.6 is 0 Å². The predicted octanol–water partition coefficient (Wildman–Crippen LogP) is 6.26. The monoisotopic (exact) mass is 464 g/mol. The molecule has 0 amide bonds. The van der Waals surface area contributed by atoms with Crippen LogP contribution in [0.1, 0.15) is 84.1 Å². The van der Waals surface area contributed by atoms with Gasteiger partial charge >= 0.3 is 167 Å². The Morgan fingerprint density at radius 2 is 1.38 bits per heavy atom. The zero-order chi connectivity index (χ0) is 19.1. The fourth-order valence-corrected chi connectivity index (χ4v) is 20.5. The molecular weight excluding hydrogens is 423 g/mol. The molecule has 0 heterocycles. The van der Waals surface area contributed by atoms with Crippen LogP contribution in [0.3, 0.4) is 0 Å². The summed E-state index contributed by atoms with van der Waals surface area (Å²) in [6.45, 7) is 7.29. The first-order valence-electron chi connectivity index (χ1n) is 10.9. The van der Waals surface area contributed by atoms with E-state index in [0.29, 0.717) is 0 Å². The average molecular weight is 463 g/mol. The van der Waals surface area contributed by atoms with E-state index in [-0.39, 0.29) is 6.61 Å². The molecule has 0 saturated carbocycles. The van der Waals surface area contributed by atoms with Crippen LogP contribution in [0.5, 0.6) is 0 Å². The van der Waals surface area contributed by atoms with E-state index < -0.39 is 18.4 Å². The molecule has 0 bridgehead atoms. The van der Waals surface area contributed by atoms with E-state index in [2.05, 4.69) is 56.9 Å². The van der Waals surface area contributed by atoms with Crippen molar-refractivity contribution in [3.8, 4) is 11.8 Å². The average Bonchev–Trinajstić information content (AvgIpc) is 2.68. The molecule has 1 N–H and O–H groups in total. The van der Waals surface area contributed by atoms with Crippen LogP contribution in [0.4, 0.5) is 0 Å². The molecule has 26 heavy (non-hydrogen) atoms. The van der Waals surface area contributed by atoms with E-state index >= 15 is 0 Å². The number of aliphatic hydroxyl groups excluding tert-OH is 1. The van der Waals surface area contributed by atoms with Crippen LogP contribution in [-0.2, 0) is 0 Å². The minimum absolute atomic E-state index is 0.281. The molecule has 1 nitrogen and oxygen atoms in total. The van der Waals surface area contributed by atoms with Crippen molar-refractivity contribution in [2.75, 3.05) is 6.61 Å². The quantitative estimate of drug-likeness (QED) is 0.208. The van der Waals surface area contributed by atoms with Gasteiger partial charge in [0.2, 0.25) is 0 Å². The van der Waals surface area contributed by atoms with Gasteiger partial charge in [-0.2, -0.15) is 0 Å². The first-order valence-corrected chi connectivity index (χ1v) is 18.4. The standard InChI is InChI=1S/C12H13O.3C4H9.Sn/c13-11-7-2-1-4-8-12-9-5-3-6-10-12;3*1-3-4-2;/h3,5-6,9,13H,1-2,7,11H2;3*1,3-4H2,2H3;. The molecule has 0 aliphatic heterocycles. The number of aliphatic hydroxyl groups is 1. The summed E-state index contributed by atoms with van der Waals surface area (Å²) < 4.78 is 6.18. The zero-order valence-corrected chi connectivity index (χ0v) is 20.3. The number of unbranched alkanes of at least 4 members (excludes halogenated alkanes) is 5. The molecule has 0 spiro atoms. The Hall–Kier alpha value is -0.461. The first-order chi connectivity index (χ1) is 12.7.